The predicted molar refractivity (Wildman–Crippen MR) is 135 cm³/mol. The average Bonchev–Trinajstić information content (AvgIpc) is 3.41. The number of ether oxygens (including phenoxy) is 1. The highest BCUT2D eigenvalue weighted by atomic mass is 19.1. The number of aliphatic hydroxyl groups excluding tert-OH is 1. The maximum Gasteiger partial charge on any atom is 0.242 e. The summed E-state index contributed by atoms with van der Waals surface area (Å²) < 4.78 is 26.4. The van der Waals surface area contributed by atoms with Crippen LogP contribution in [0.25, 0.3) is 22.3 Å². The number of carbonyl (C=O) groups is 1. The average molecular weight is 508 g/mol. The van der Waals surface area contributed by atoms with Crippen LogP contribution >= 0.6 is 0 Å². The van der Waals surface area contributed by atoms with Crippen LogP contribution in [-0.2, 0) is 24.2 Å². The first-order valence-electron chi connectivity index (χ1n) is 12.4. The molecule has 1 amide bonds. The maximum absolute atomic E-state index is 14.2. The molecule has 1 fully saturated rings. The molecule has 0 spiro atoms. The standard InChI is InChI=1S/C27H30FN5O4/c1-16-26(17(2)37-31-16)19-13-22-27(29-14-19)33(15-25(35)32-10-8-20(34)9-11-32)24(30-22)7-5-18-4-6-23(36-3)21(28)12-18/h4,6,12-14,20,34H,5,7-11,15H2,1-3H3. The topological polar surface area (TPSA) is 107 Å². The number of hydrogen-bond acceptors (Lipinski definition) is 7. The third kappa shape index (κ3) is 5.06. The number of aliphatic hydroxyl groups is 1. The van der Waals surface area contributed by atoms with E-state index in [9.17, 15) is 14.3 Å². The summed E-state index contributed by atoms with van der Waals surface area (Å²) in [7, 11) is 1.43. The van der Waals surface area contributed by atoms with E-state index in [4.69, 9.17) is 14.2 Å². The van der Waals surface area contributed by atoms with Crippen LogP contribution < -0.4 is 4.74 Å². The number of amides is 1. The Morgan fingerprint density at radius 3 is 2.68 bits per heavy atom. The fourth-order valence-corrected chi connectivity index (χ4v) is 4.92. The number of imidazole rings is 1. The molecule has 4 heterocycles. The molecule has 0 radical (unpaired) electrons. The highest BCUT2D eigenvalue weighted by Gasteiger charge is 2.24. The van der Waals surface area contributed by atoms with Gasteiger partial charge in [-0.25, -0.2) is 14.4 Å². The zero-order valence-corrected chi connectivity index (χ0v) is 21.2. The van der Waals surface area contributed by atoms with Crippen LogP contribution in [0.15, 0.2) is 35.0 Å². The third-order valence-corrected chi connectivity index (χ3v) is 6.95. The van der Waals surface area contributed by atoms with Crippen molar-refractivity contribution in [3.05, 3.63) is 59.1 Å². The molecule has 1 saturated heterocycles. The molecule has 9 nitrogen and oxygen atoms in total. The van der Waals surface area contributed by atoms with Gasteiger partial charge in [0.2, 0.25) is 5.91 Å². The number of aryl methyl sites for hydroxylation is 4. The number of carbonyl (C=O) groups excluding carboxylic acids is 1. The Labute approximate surface area is 213 Å². The molecule has 0 bridgehead atoms. The Hall–Kier alpha value is -3.79. The van der Waals surface area contributed by atoms with Gasteiger partial charge in [0.1, 0.15) is 23.6 Å². The van der Waals surface area contributed by atoms with Crippen LogP contribution in [-0.4, -0.2) is 61.9 Å². The lowest BCUT2D eigenvalue weighted by atomic mass is 10.1. The van der Waals surface area contributed by atoms with E-state index < -0.39 is 5.82 Å². The van der Waals surface area contributed by atoms with Crippen molar-refractivity contribution in [2.45, 2.75) is 52.2 Å². The van der Waals surface area contributed by atoms with Crippen molar-refractivity contribution < 1.29 is 23.6 Å². The number of halogens is 1. The van der Waals surface area contributed by atoms with Crippen LogP contribution in [0.2, 0.25) is 0 Å². The second kappa shape index (κ2) is 10.3. The zero-order chi connectivity index (χ0) is 26.1. The van der Waals surface area contributed by atoms with E-state index in [2.05, 4.69) is 10.1 Å². The van der Waals surface area contributed by atoms with Gasteiger partial charge in [-0.05, 0) is 56.9 Å². The normalized spacial score (nSPS) is 14.5. The molecule has 3 aromatic heterocycles. The van der Waals surface area contributed by atoms with Crippen molar-refractivity contribution in [1.29, 1.82) is 0 Å². The number of pyridine rings is 1. The molecule has 194 valence electrons. The van der Waals surface area contributed by atoms with E-state index >= 15 is 0 Å². The first-order chi connectivity index (χ1) is 17.8. The summed E-state index contributed by atoms with van der Waals surface area (Å²) in [5.41, 5.74) is 4.56. The smallest absolute Gasteiger partial charge is 0.242 e. The van der Waals surface area contributed by atoms with Crippen molar-refractivity contribution in [3.8, 4) is 16.9 Å². The van der Waals surface area contributed by atoms with Crippen LogP contribution in [0.3, 0.4) is 0 Å². The number of rotatable bonds is 7. The summed E-state index contributed by atoms with van der Waals surface area (Å²) >= 11 is 0. The van der Waals surface area contributed by atoms with Crippen molar-refractivity contribution in [3.63, 3.8) is 0 Å². The van der Waals surface area contributed by atoms with E-state index in [0.29, 0.717) is 61.5 Å². The minimum Gasteiger partial charge on any atom is -0.494 e. The third-order valence-electron chi connectivity index (χ3n) is 6.95. The quantitative estimate of drug-likeness (QED) is 0.407. The number of aromatic nitrogens is 4. The largest absolute Gasteiger partial charge is 0.494 e. The Balaban J connectivity index is 1.47. The molecular weight excluding hydrogens is 477 g/mol. The number of methoxy groups -OCH3 is 1. The van der Waals surface area contributed by atoms with Crippen molar-refractivity contribution in [1.82, 2.24) is 24.6 Å². The van der Waals surface area contributed by atoms with E-state index in [1.54, 1.807) is 17.2 Å². The number of piperidine rings is 1. The van der Waals surface area contributed by atoms with Gasteiger partial charge in [0, 0.05) is 36.8 Å². The number of nitrogens with zero attached hydrogens (tertiary/aromatic N) is 5. The van der Waals surface area contributed by atoms with Gasteiger partial charge in [-0.3, -0.25) is 4.79 Å². The van der Waals surface area contributed by atoms with Crippen LogP contribution in [0.5, 0.6) is 5.75 Å². The Morgan fingerprint density at radius 2 is 2.00 bits per heavy atom. The summed E-state index contributed by atoms with van der Waals surface area (Å²) in [6.07, 6.45) is 3.57. The van der Waals surface area contributed by atoms with Gasteiger partial charge >= 0.3 is 0 Å². The fraction of sp³-hybridized carbons (Fsp3) is 0.407. The maximum atomic E-state index is 14.2. The lowest BCUT2D eigenvalue weighted by Gasteiger charge is -2.29. The Morgan fingerprint density at radius 1 is 1.22 bits per heavy atom. The summed E-state index contributed by atoms with van der Waals surface area (Å²) in [6, 6.07) is 6.83. The molecule has 37 heavy (non-hydrogen) atoms. The lowest BCUT2D eigenvalue weighted by Crippen LogP contribution is -2.41. The number of likely N-dealkylation sites (tertiary alicyclic amines) is 1. The van der Waals surface area contributed by atoms with E-state index in [1.807, 2.05) is 30.5 Å². The lowest BCUT2D eigenvalue weighted by molar-refractivity contribution is -0.133. The van der Waals surface area contributed by atoms with Gasteiger partial charge in [0.05, 0.1) is 18.9 Å². The zero-order valence-electron chi connectivity index (χ0n) is 21.2. The molecule has 0 unspecified atom stereocenters. The van der Waals surface area contributed by atoms with Gasteiger partial charge in [-0.15, -0.1) is 0 Å². The minimum atomic E-state index is -0.415. The van der Waals surface area contributed by atoms with Crippen molar-refractivity contribution >= 4 is 17.1 Å². The molecule has 1 aromatic carbocycles. The SMILES string of the molecule is COc1ccc(CCc2nc3cc(-c4c(C)noc4C)cnc3n2CC(=O)N2CCC(O)CC2)cc1F. The van der Waals surface area contributed by atoms with Gasteiger partial charge in [0.25, 0.3) is 0 Å². The highest BCUT2D eigenvalue weighted by Crippen LogP contribution is 2.29. The molecule has 10 heteroatoms. The van der Waals surface area contributed by atoms with Gasteiger partial charge < -0.3 is 23.8 Å². The Bertz CT molecular complexity index is 1420. The Kier molecular flexibility index (Phi) is 6.92. The van der Waals surface area contributed by atoms with Crippen LogP contribution in [0, 0.1) is 19.7 Å². The molecular formula is C27H30FN5O4. The minimum absolute atomic E-state index is 0.0421. The molecule has 1 aliphatic rings. The van der Waals surface area contributed by atoms with Crippen molar-refractivity contribution in [2.75, 3.05) is 20.2 Å². The fourth-order valence-electron chi connectivity index (χ4n) is 4.92. The summed E-state index contributed by atoms with van der Waals surface area (Å²) in [4.78, 5) is 24.5. The molecule has 0 aliphatic carbocycles. The number of fused-ring (bicyclic) bond motifs is 1. The van der Waals surface area contributed by atoms with E-state index in [0.717, 1.165) is 22.4 Å². The van der Waals surface area contributed by atoms with Gasteiger partial charge in [0.15, 0.2) is 17.2 Å². The van der Waals surface area contributed by atoms with E-state index in [-0.39, 0.29) is 24.3 Å². The monoisotopic (exact) mass is 507 g/mol. The first-order valence-corrected chi connectivity index (χ1v) is 12.4. The molecule has 0 saturated carbocycles. The van der Waals surface area contributed by atoms with Crippen LogP contribution in [0.4, 0.5) is 4.39 Å². The number of benzene rings is 1. The summed E-state index contributed by atoms with van der Waals surface area (Å²) in [5.74, 6) is 1.13. The second-order valence-electron chi connectivity index (χ2n) is 9.46. The molecule has 1 N–H and O–H groups in total. The number of hydrogen-bond donors (Lipinski definition) is 1. The van der Waals surface area contributed by atoms with Crippen LogP contribution in [0.1, 0.15) is 35.7 Å². The van der Waals surface area contributed by atoms with Crippen molar-refractivity contribution in [2.24, 2.45) is 0 Å². The molecule has 0 atom stereocenters. The van der Waals surface area contributed by atoms with Gasteiger partial charge in [-0.1, -0.05) is 11.2 Å². The molecule has 5 rings (SSSR count). The summed E-state index contributed by atoms with van der Waals surface area (Å²) in [5, 5.41) is 13.9. The molecule has 1 aliphatic heterocycles. The van der Waals surface area contributed by atoms with E-state index in [1.165, 1.54) is 13.2 Å². The predicted octanol–water partition coefficient (Wildman–Crippen LogP) is 3.62. The second-order valence-corrected chi connectivity index (χ2v) is 9.46. The molecule has 4 aromatic rings. The summed E-state index contributed by atoms with van der Waals surface area (Å²) in [6.45, 7) is 4.87. The highest BCUT2D eigenvalue weighted by molar-refractivity contribution is 5.82. The van der Waals surface area contributed by atoms with Gasteiger partial charge in [-0.2, -0.15) is 0 Å². The first kappa shape index (κ1) is 24.9.